The molecule has 0 saturated carbocycles. The molecule has 2 unspecified atom stereocenters. The van der Waals surface area contributed by atoms with E-state index in [1.165, 1.54) is 11.1 Å². The van der Waals surface area contributed by atoms with E-state index in [-0.39, 0.29) is 12.1 Å². The molecular weight excluding hydrogens is 292 g/mol. The highest BCUT2D eigenvalue weighted by Crippen LogP contribution is 2.37. The Bertz CT molecular complexity index is 587. The largest absolute Gasteiger partial charge is 0.373 e. The summed E-state index contributed by atoms with van der Waals surface area (Å²) in [7, 11) is 0. The number of benzene rings is 1. The molecule has 3 nitrogen and oxygen atoms in total. The summed E-state index contributed by atoms with van der Waals surface area (Å²) < 4.78 is 5.94. The van der Waals surface area contributed by atoms with Crippen molar-refractivity contribution >= 4 is 22.9 Å². The van der Waals surface area contributed by atoms with Crippen LogP contribution in [0.5, 0.6) is 0 Å². The number of rotatable bonds is 4. The highest BCUT2D eigenvalue weighted by molar-refractivity contribution is 7.10. The fraction of sp³-hybridized carbons (Fsp3) is 0.333. The number of ether oxygens (including phenoxy) is 1. The zero-order chi connectivity index (χ0) is 13.9. The lowest BCUT2D eigenvalue weighted by Crippen LogP contribution is -2.30. The molecule has 1 aliphatic rings. The Labute approximate surface area is 127 Å². The average molecular weight is 309 g/mol. The molecule has 5 heteroatoms. The second kappa shape index (κ2) is 6.24. The van der Waals surface area contributed by atoms with Crippen molar-refractivity contribution in [2.24, 2.45) is 5.84 Å². The van der Waals surface area contributed by atoms with Crippen LogP contribution in [0.2, 0.25) is 5.02 Å². The van der Waals surface area contributed by atoms with Crippen molar-refractivity contribution in [2.45, 2.75) is 25.0 Å². The summed E-state index contributed by atoms with van der Waals surface area (Å²) in [6.45, 7) is 0.761. The number of hydrogen-bond acceptors (Lipinski definition) is 4. The molecule has 2 aromatic rings. The van der Waals surface area contributed by atoms with Crippen LogP contribution in [-0.2, 0) is 11.2 Å². The third-order valence-corrected chi connectivity index (χ3v) is 5.18. The van der Waals surface area contributed by atoms with Crippen LogP contribution >= 0.6 is 22.9 Å². The van der Waals surface area contributed by atoms with Crippen LogP contribution in [0.4, 0.5) is 0 Å². The number of hydrazine groups is 1. The summed E-state index contributed by atoms with van der Waals surface area (Å²) in [5.74, 6) is 5.71. The van der Waals surface area contributed by atoms with Gasteiger partial charge in [-0.25, -0.2) is 0 Å². The van der Waals surface area contributed by atoms with Gasteiger partial charge in [0, 0.05) is 4.88 Å². The summed E-state index contributed by atoms with van der Waals surface area (Å²) in [5.41, 5.74) is 5.51. The number of fused-ring (bicyclic) bond motifs is 1. The fourth-order valence-electron chi connectivity index (χ4n) is 2.69. The highest BCUT2D eigenvalue weighted by Gasteiger charge is 2.25. The molecule has 3 rings (SSSR count). The van der Waals surface area contributed by atoms with E-state index in [1.54, 1.807) is 11.3 Å². The Balaban J connectivity index is 1.82. The normalized spacial score (nSPS) is 19.6. The quantitative estimate of drug-likeness (QED) is 0.670. The third kappa shape index (κ3) is 2.75. The van der Waals surface area contributed by atoms with E-state index in [9.17, 15) is 0 Å². The second-order valence-electron chi connectivity index (χ2n) is 4.90. The Morgan fingerprint density at radius 1 is 1.40 bits per heavy atom. The van der Waals surface area contributed by atoms with E-state index >= 15 is 0 Å². The summed E-state index contributed by atoms with van der Waals surface area (Å²) in [6, 6.07) is 10.4. The van der Waals surface area contributed by atoms with Gasteiger partial charge in [-0.3, -0.25) is 11.3 Å². The van der Waals surface area contributed by atoms with E-state index in [2.05, 4.69) is 29.7 Å². The van der Waals surface area contributed by atoms with Gasteiger partial charge in [0.15, 0.2) is 0 Å². The Hall–Kier alpha value is -0.910. The zero-order valence-electron chi connectivity index (χ0n) is 11.0. The molecule has 2 heterocycles. The molecule has 0 spiro atoms. The van der Waals surface area contributed by atoms with Crippen LogP contribution in [0.1, 0.15) is 34.6 Å². The number of halogens is 1. The van der Waals surface area contributed by atoms with Gasteiger partial charge in [0.05, 0.1) is 23.8 Å². The molecule has 1 aromatic heterocycles. The van der Waals surface area contributed by atoms with E-state index in [0.717, 1.165) is 29.3 Å². The molecule has 1 aliphatic heterocycles. The first-order chi connectivity index (χ1) is 9.79. The molecular formula is C15H17ClN2OS. The monoisotopic (exact) mass is 308 g/mol. The standard InChI is InChI=1S/C15H17ClN2OS/c16-12-6-8-20-15(12)13(18-17)9-14-11-4-2-1-3-10(11)5-7-19-14/h1-4,6,8,13-14,18H,5,7,9,17H2. The van der Waals surface area contributed by atoms with Crippen molar-refractivity contribution in [1.82, 2.24) is 5.43 Å². The van der Waals surface area contributed by atoms with Crippen LogP contribution < -0.4 is 11.3 Å². The number of nitrogens with one attached hydrogen (secondary N) is 1. The van der Waals surface area contributed by atoms with E-state index in [1.807, 2.05) is 11.4 Å². The molecule has 0 aliphatic carbocycles. The second-order valence-corrected chi connectivity index (χ2v) is 6.25. The van der Waals surface area contributed by atoms with E-state index < -0.39 is 0 Å². The molecule has 3 N–H and O–H groups in total. The number of hydrogen-bond donors (Lipinski definition) is 2. The van der Waals surface area contributed by atoms with Crippen molar-refractivity contribution in [1.29, 1.82) is 0 Å². The minimum absolute atomic E-state index is 0.0126. The summed E-state index contributed by atoms with van der Waals surface area (Å²) in [4.78, 5) is 1.07. The summed E-state index contributed by atoms with van der Waals surface area (Å²) in [5, 5.41) is 2.75. The SMILES string of the molecule is NNC(CC1OCCc2ccccc21)c1sccc1Cl. The highest BCUT2D eigenvalue weighted by atomic mass is 35.5. The molecule has 0 saturated heterocycles. The maximum absolute atomic E-state index is 6.21. The van der Waals surface area contributed by atoms with Crippen LogP contribution in [0, 0.1) is 0 Å². The van der Waals surface area contributed by atoms with Gasteiger partial charge in [-0.05, 0) is 35.4 Å². The van der Waals surface area contributed by atoms with E-state index in [0.29, 0.717) is 0 Å². The maximum Gasteiger partial charge on any atom is 0.0846 e. The molecule has 0 amide bonds. The minimum atomic E-state index is 0.0126. The van der Waals surface area contributed by atoms with Crippen LogP contribution in [0.15, 0.2) is 35.7 Å². The molecule has 0 radical (unpaired) electrons. The maximum atomic E-state index is 6.21. The predicted molar refractivity (Wildman–Crippen MR) is 82.8 cm³/mol. The lowest BCUT2D eigenvalue weighted by Gasteiger charge is -2.29. The first kappa shape index (κ1) is 14.0. The van der Waals surface area contributed by atoms with Gasteiger partial charge < -0.3 is 4.74 Å². The molecule has 20 heavy (non-hydrogen) atoms. The van der Waals surface area contributed by atoms with Crippen molar-refractivity contribution in [2.75, 3.05) is 6.61 Å². The molecule has 0 fully saturated rings. The lowest BCUT2D eigenvalue weighted by molar-refractivity contribution is 0.0295. The van der Waals surface area contributed by atoms with Crippen LogP contribution in [0.25, 0.3) is 0 Å². The van der Waals surface area contributed by atoms with Gasteiger partial charge >= 0.3 is 0 Å². The minimum Gasteiger partial charge on any atom is -0.373 e. The topological polar surface area (TPSA) is 47.3 Å². The van der Waals surface area contributed by atoms with Crippen molar-refractivity contribution < 1.29 is 4.74 Å². The Morgan fingerprint density at radius 2 is 2.25 bits per heavy atom. The number of thiophene rings is 1. The fourth-order valence-corrected chi connectivity index (χ4v) is 3.95. The van der Waals surface area contributed by atoms with Gasteiger partial charge in [0.1, 0.15) is 0 Å². The number of nitrogens with two attached hydrogens (primary N) is 1. The first-order valence-electron chi connectivity index (χ1n) is 6.68. The molecule has 2 atom stereocenters. The van der Waals surface area contributed by atoms with Gasteiger partial charge in [0.2, 0.25) is 0 Å². The summed E-state index contributed by atoms with van der Waals surface area (Å²) >= 11 is 7.83. The van der Waals surface area contributed by atoms with Crippen molar-refractivity contribution in [3.63, 3.8) is 0 Å². The first-order valence-corrected chi connectivity index (χ1v) is 7.93. The van der Waals surface area contributed by atoms with E-state index in [4.69, 9.17) is 22.2 Å². The average Bonchev–Trinajstić information content (AvgIpc) is 2.91. The molecule has 0 bridgehead atoms. The van der Waals surface area contributed by atoms with Crippen LogP contribution in [0.3, 0.4) is 0 Å². The zero-order valence-corrected chi connectivity index (χ0v) is 12.6. The third-order valence-electron chi connectivity index (χ3n) is 3.70. The predicted octanol–water partition coefficient (Wildman–Crippen LogP) is 3.61. The lowest BCUT2D eigenvalue weighted by atomic mass is 9.93. The van der Waals surface area contributed by atoms with Crippen LogP contribution in [-0.4, -0.2) is 6.61 Å². The Kier molecular flexibility index (Phi) is 4.38. The van der Waals surface area contributed by atoms with Gasteiger partial charge in [0.25, 0.3) is 0 Å². The van der Waals surface area contributed by atoms with Gasteiger partial charge in [-0.15, -0.1) is 11.3 Å². The molecule has 1 aromatic carbocycles. The summed E-state index contributed by atoms with van der Waals surface area (Å²) in [6.07, 6.45) is 1.83. The van der Waals surface area contributed by atoms with Crippen molar-refractivity contribution in [3.05, 3.63) is 56.7 Å². The Morgan fingerprint density at radius 3 is 3.00 bits per heavy atom. The van der Waals surface area contributed by atoms with Gasteiger partial charge in [-0.2, -0.15) is 0 Å². The van der Waals surface area contributed by atoms with Crippen molar-refractivity contribution in [3.8, 4) is 0 Å². The van der Waals surface area contributed by atoms with Gasteiger partial charge in [-0.1, -0.05) is 35.9 Å². The smallest absolute Gasteiger partial charge is 0.0846 e. The molecule has 106 valence electrons.